The van der Waals surface area contributed by atoms with E-state index in [9.17, 15) is 13.6 Å². The van der Waals surface area contributed by atoms with E-state index < -0.39 is 17.7 Å². The lowest BCUT2D eigenvalue weighted by Crippen LogP contribution is -2.36. The van der Waals surface area contributed by atoms with Crippen molar-refractivity contribution >= 4 is 0 Å². The van der Waals surface area contributed by atoms with Crippen molar-refractivity contribution in [3.63, 3.8) is 0 Å². The number of piperidine rings is 1. The first kappa shape index (κ1) is 17.7. The van der Waals surface area contributed by atoms with Crippen molar-refractivity contribution in [2.24, 2.45) is 5.92 Å². The van der Waals surface area contributed by atoms with E-state index in [1.54, 1.807) is 0 Å². The van der Waals surface area contributed by atoms with Gasteiger partial charge in [-0.25, -0.2) is 13.8 Å². The maximum Gasteiger partial charge on any atom is 0.280 e. The molecule has 1 aliphatic heterocycles. The van der Waals surface area contributed by atoms with Crippen molar-refractivity contribution in [2.45, 2.75) is 46.2 Å². The highest BCUT2D eigenvalue weighted by Gasteiger charge is 2.22. The molecule has 0 unspecified atom stereocenters. The van der Waals surface area contributed by atoms with E-state index in [1.807, 2.05) is 13.8 Å². The molecule has 136 valence electrons. The molecule has 8 heteroatoms. The van der Waals surface area contributed by atoms with Crippen molar-refractivity contribution < 1.29 is 13.3 Å². The Labute approximate surface area is 144 Å². The van der Waals surface area contributed by atoms with Gasteiger partial charge in [0.1, 0.15) is 11.5 Å². The van der Waals surface area contributed by atoms with Crippen LogP contribution >= 0.6 is 0 Å². The Hall–Kier alpha value is -2.09. The maximum atomic E-state index is 12.6. The van der Waals surface area contributed by atoms with Crippen LogP contribution in [-0.4, -0.2) is 32.7 Å². The zero-order valence-electron chi connectivity index (χ0n) is 14.4. The van der Waals surface area contributed by atoms with E-state index in [0.717, 1.165) is 55.6 Å². The molecular formula is C17H22F2N4O2. The van der Waals surface area contributed by atoms with Gasteiger partial charge in [0, 0.05) is 24.7 Å². The number of halogens is 2. The van der Waals surface area contributed by atoms with Gasteiger partial charge in [-0.3, -0.25) is 14.3 Å². The highest BCUT2D eigenvalue weighted by atomic mass is 19.3. The van der Waals surface area contributed by atoms with Crippen LogP contribution in [0, 0.1) is 19.8 Å². The van der Waals surface area contributed by atoms with Crippen LogP contribution in [0.25, 0.3) is 0 Å². The summed E-state index contributed by atoms with van der Waals surface area (Å²) in [6.45, 7) is 7.05. The lowest BCUT2D eigenvalue weighted by molar-refractivity contribution is 0.144. The van der Waals surface area contributed by atoms with Gasteiger partial charge in [0.25, 0.3) is 12.0 Å². The molecule has 3 heterocycles. The van der Waals surface area contributed by atoms with Crippen LogP contribution in [0.15, 0.2) is 21.7 Å². The van der Waals surface area contributed by atoms with E-state index in [1.165, 1.54) is 10.9 Å². The topological polar surface area (TPSA) is 64.2 Å². The predicted octanol–water partition coefficient (Wildman–Crippen LogP) is 2.70. The molecule has 1 saturated heterocycles. The summed E-state index contributed by atoms with van der Waals surface area (Å²) < 4.78 is 31.8. The molecule has 3 rings (SSSR count). The fourth-order valence-electron chi connectivity index (χ4n) is 3.25. The maximum absolute atomic E-state index is 12.6. The van der Waals surface area contributed by atoms with Crippen LogP contribution in [0.4, 0.5) is 8.78 Å². The molecule has 1 aliphatic rings. The first-order chi connectivity index (χ1) is 11.9. The molecule has 0 atom stereocenters. The van der Waals surface area contributed by atoms with Gasteiger partial charge in [-0.1, -0.05) is 5.16 Å². The van der Waals surface area contributed by atoms with Crippen LogP contribution in [0.3, 0.4) is 0 Å². The van der Waals surface area contributed by atoms with Crippen molar-refractivity contribution in [3.05, 3.63) is 45.5 Å². The summed E-state index contributed by atoms with van der Waals surface area (Å²) in [4.78, 5) is 18.0. The molecule has 0 saturated carbocycles. The Morgan fingerprint density at radius 3 is 2.60 bits per heavy atom. The van der Waals surface area contributed by atoms with Crippen molar-refractivity contribution in [1.82, 2.24) is 19.6 Å². The minimum absolute atomic E-state index is 0.345. The smallest absolute Gasteiger partial charge is 0.280 e. The largest absolute Gasteiger partial charge is 0.361 e. The second-order valence-electron chi connectivity index (χ2n) is 6.63. The molecule has 1 fully saturated rings. The summed E-state index contributed by atoms with van der Waals surface area (Å²) in [5.74, 6) is 1.20. The highest BCUT2D eigenvalue weighted by molar-refractivity contribution is 5.20. The van der Waals surface area contributed by atoms with Crippen LogP contribution in [0.1, 0.15) is 42.0 Å². The van der Waals surface area contributed by atoms with Gasteiger partial charge < -0.3 is 4.52 Å². The summed E-state index contributed by atoms with van der Waals surface area (Å²) in [6.07, 6.45) is 0.425. The second-order valence-corrected chi connectivity index (χ2v) is 6.63. The molecule has 0 bridgehead atoms. The first-order valence-electron chi connectivity index (χ1n) is 8.42. The van der Waals surface area contributed by atoms with Crippen molar-refractivity contribution in [1.29, 1.82) is 0 Å². The minimum atomic E-state index is -2.71. The standard InChI is InChI=1S/C17H22F2N4O2/c1-11-14(12(2)25-21-11)9-22-5-3-13(4-6-22)8-23-10-20-15(17(18)19)7-16(23)24/h7,10,13,17H,3-6,8-9H2,1-2H3. The molecule has 0 aliphatic carbocycles. The third-order valence-electron chi connectivity index (χ3n) is 4.85. The van der Waals surface area contributed by atoms with Crippen LogP contribution < -0.4 is 5.56 Å². The number of alkyl halides is 2. The third-order valence-corrected chi connectivity index (χ3v) is 4.85. The average molecular weight is 352 g/mol. The SMILES string of the molecule is Cc1noc(C)c1CN1CCC(Cn2cnc(C(F)F)cc2=O)CC1. The second kappa shape index (κ2) is 7.43. The van der Waals surface area contributed by atoms with E-state index in [0.29, 0.717) is 12.5 Å². The van der Waals surface area contributed by atoms with E-state index >= 15 is 0 Å². The van der Waals surface area contributed by atoms with E-state index in [2.05, 4.69) is 15.0 Å². The van der Waals surface area contributed by atoms with Gasteiger partial charge in [-0.05, 0) is 45.7 Å². The zero-order valence-corrected chi connectivity index (χ0v) is 14.4. The minimum Gasteiger partial charge on any atom is -0.361 e. The summed E-state index contributed by atoms with van der Waals surface area (Å²) in [5, 5.41) is 3.98. The highest BCUT2D eigenvalue weighted by Crippen LogP contribution is 2.22. The Kier molecular flexibility index (Phi) is 5.27. The van der Waals surface area contributed by atoms with Crippen LogP contribution in [-0.2, 0) is 13.1 Å². The van der Waals surface area contributed by atoms with Gasteiger partial charge in [0.2, 0.25) is 0 Å². The van der Waals surface area contributed by atoms with Crippen LogP contribution in [0.2, 0.25) is 0 Å². The summed E-state index contributed by atoms with van der Waals surface area (Å²) in [5.41, 5.74) is 1.19. The van der Waals surface area contributed by atoms with Gasteiger partial charge in [-0.15, -0.1) is 0 Å². The Bertz CT molecular complexity index is 760. The van der Waals surface area contributed by atoms with E-state index in [-0.39, 0.29) is 0 Å². The molecule has 6 nitrogen and oxygen atoms in total. The fraction of sp³-hybridized carbons (Fsp3) is 0.588. The third kappa shape index (κ3) is 4.12. The molecular weight excluding hydrogens is 330 g/mol. The first-order valence-corrected chi connectivity index (χ1v) is 8.42. The number of aryl methyl sites for hydroxylation is 2. The number of aromatic nitrogens is 3. The van der Waals surface area contributed by atoms with Gasteiger partial charge >= 0.3 is 0 Å². The lowest BCUT2D eigenvalue weighted by Gasteiger charge is -2.32. The Morgan fingerprint density at radius 1 is 1.32 bits per heavy atom. The van der Waals surface area contributed by atoms with Gasteiger partial charge in [-0.2, -0.15) is 0 Å². The van der Waals surface area contributed by atoms with Crippen molar-refractivity contribution in [2.75, 3.05) is 13.1 Å². The zero-order chi connectivity index (χ0) is 18.0. The average Bonchev–Trinajstić information content (AvgIpc) is 2.90. The fourth-order valence-corrected chi connectivity index (χ4v) is 3.25. The van der Waals surface area contributed by atoms with Crippen molar-refractivity contribution in [3.8, 4) is 0 Å². The quantitative estimate of drug-likeness (QED) is 0.828. The Morgan fingerprint density at radius 2 is 2.04 bits per heavy atom. The van der Waals surface area contributed by atoms with Crippen LogP contribution in [0.5, 0.6) is 0 Å². The molecule has 2 aromatic rings. The Balaban J connectivity index is 1.55. The molecule has 0 amide bonds. The molecule has 0 radical (unpaired) electrons. The number of rotatable bonds is 5. The molecule has 25 heavy (non-hydrogen) atoms. The number of nitrogens with zero attached hydrogens (tertiary/aromatic N) is 4. The molecule has 0 N–H and O–H groups in total. The number of likely N-dealkylation sites (tertiary alicyclic amines) is 1. The normalized spacial score (nSPS) is 16.7. The number of hydrogen-bond acceptors (Lipinski definition) is 5. The van der Waals surface area contributed by atoms with E-state index in [4.69, 9.17) is 4.52 Å². The van der Waals surface area contributed by atoms with Gasteiger partial charge in [0.05, 0.1) is 12.0 Å². The summed E-state index contributed by atoms with van der Waals surface area (Å²) in [7, 11) is 0. The summed E-state index contributed by atoms with van der Waals surface area (Å²) >= 11 is 0. The molecule has 2 aromatic heterocycles. The summed E-state index contributed by atoms with van der Waals surface area (Å²) in [6, 6.07) is 0.928. The monoisotopic (exact) mass is 352 g/mol. The van der Waals surface area contributed by atoms with Gasteiger partial charge in [0.15, 0.2) is 0 Å². The lowest BCUT2D eigenvalue weighted by atomic mass is 9.96. The molecule has 0 aromatic carbocycles. The molecule has 0 spiro atoms. The number of hydrogen-bond donors (Lipinski definition) is 0. The predicted molar refractivity (Wildman–Crippen MR) is 87.4 cm³/mol.